The second-order valence-electron chi connectivity index (χ2n) is 9.26. The summed E-state index contributed by atoms with van der Waals surface area (Å²) in [4.78, 5) is 15.8. The molecule has 174 valence electrons. The van der Waals surface area contributed by atoms with Crippen LogP contribution in [0.3, 0.4) is 0 Å². The Labute approximate surface area is 199 Å². The maximum Gasteiger partial charge on any atom is 0.221 e. The molecule has 2 aromatic carbocycles. The quantitative estimate of drug-likeness (QED) is 0.431. The summed E-state index contributed by atoms with van der Waals surface area (Å²) in [6, 6.07) is 12.4. The minimum absolute atomic E-state index is 0.221. The van der Waals surface area contributed by atoms with Crippen LogP contribution >= 0.6 is 0 Å². The van der Waals surface area contributed by atoms with E-state index in [9.17, 15) is 0 Å². The van der Waals surface area contributed by atoms with Crippen molar-refractivity contribution in [1.29, 1.82) is 0 Å². The van der Waals surface area contributed by atoms with Gasteiger partial charge in [-0.15, -0.1) is 0 Å². The molecule has 7 heteroatoms. The lowest BCUT2D eigenvalue weighted by Crippen LogP contribution is -2.14. The number of fused-ring (bicyclic) bond motifs is 1. The van der Waals surface area contributed by atoms with Crippen molar-refractivity contribution in [2.24, 2.45) is 0 Å². The van der Waals surface area contributed by atoms with Crippen molar-refractivity contribution in [3.8, 4) is 22.4 Å². The van der Waals surface area contributed by atoms with E-state index >= 15 is 0 Å². The van der Waals surface area contributed by atoms with Crippen molar-refractivity contribution in [3.63, 3.8) is 0 Å². The van der Waals surface area contributed by atoms with E-state index in [1.165, 1.54) is 11.1 Å². The molecule has 1 aliphatic rings. The van der Waals surface area contributed by atoms with Gasteiger partial charge in [0.05, 0.1) is 23.2 Å². The number of nitrogens with two attached hydrogens (primary N) is 2. The highest BCUT2D eigenvalue weighted by Gasteiger charge is 2.23. The van der Waals surface area contributed by atoms with Crippen LogP contribution < -0.4 is 11.5 Å². The normalized spacial score (nSPS) is 15.9. The zero-order valence-corrected chi connectivity index (χ0v) is 19.9. The van der Waals surface area contributed by atoms with Gasteiger partial charge in [0.1, 0.15) is 0 Å². The Kier molecular flexibility index (Phi) is 5.89. The molecule has 0 radical (unpaired) electrons. The van der Waals surface area contributed by atoms with Crippen LogP contribution in [0, 0.1) is 6.92 Å². The number of rotatable bonds is 5. The predicted octanol–water partition coefficient (Wildman–Crippen LogP) is 4.40. The Morgan fingerprint density at radius 2 is 1.91 bits per heavy atom. The van der Waals surface area contributed by atoms with Crippen LogP contribution in [0.25, 0.3) is 33.3 Å². The van der Waals surface area contributed by atoms with Crippen molar-refractivity contribution in [3.05, 3.63) is 65.5 Å². The average molecular weight is 455 g/mol. The lowest BCUT2D eigenvalue weighted by atomic mass is 9.90. The van der Waals surface area contributed by atoms with E-state index in [1.54, 1.807) is 6.20 Å². The Bertz CT molecular complexity index is 1360. The smallest absolute Gasteiger partial charge is 0.221 e. The minimum atomic E-state index is 0.221. The molecule has 4 N–H and O–H groups in total. The number of anilines is 2. The van der Waals surface area contributed by atoms with Gasteiger partial charge in [-0.1, -0.05) is 18.2 Å². The zero-order valence-electron chi connectivity index (χ0n) is 19.9. The maximum atomic E-state index is 6.52. The third kappa shape index (κ3) is 4.08. The Balaban J connectivity index is 1.73. The van der Waals surface area contributed by atoms with Gasteiger partial charge >= 0.3 is 0 Å². The number of nitrogen functional groups attached to an aromatic ring is 2. The van der Waals surface area contributed by atoms with Gasteiger partial charge in [-0.05, 0) is 62.3 Å². The lowest BCUT2D eigenvalue weighted by molar-refractivity contribution is 0.193. The molecule has 3 heterocycles. The molecule has 0 spiro atoms. The van der Waals surface area contributed by atoms with Gasteiger partial charge in [0.2, 0.25) is 5.95 Å². The molecule has 1 saturated heterocycles. The van der Waals surface area contributed by atoms with Crippen LogP contribution in [0.15, 0.2) is 48.8 Å². The first-order chi connectivity index (χ1) is 16.4. The molecule has 0 bridgehead atoms. The van der Waals surface area contributed by atoms with E-state index in [-0.39, 0.29) is 5.95 Å². The first-order valence-electron chi connectivity index (χ1n) is 11.5. The molecular formula is C27H30N6O. The predicted molar refractivity (Wildman–Crippen MR) is 137 cm³/mol. The van der Waals surface area contributed by atoms with Gasteiger partial charge in [-0.25, -0.2) is 9.97 Å². The average Bonchev–Trinajstić information content (AvgIpc) is 3.34. The minimum Gasteiger partial charge on any atom is -0.398 e. The summed E-state index contributed by atoms with van der Waals surface area (Å²) >= 11 is 0. The van der Waals surface area contributed by atoms with Crippen molar-refractivity contribution < 1.29 is 4.74 Å². The van der Waals surface area contributed by atoms with Gasteiger partial charge < -0.3 is 21.1 Å². The molecule has 4 aromatic rings. The summed E-state index contributed by atoms with van der Waals surface area (Å²) in [6.07, 6.45) is 4.69. The van der Waals surface area contributed by atoms with Gasteiger partial charge in [-0.2, -0.15) is 0 Å². The van der Waals surface area contributed by atoms with E-state index in [0.29, 0.717) is 11.6 Å². The van der Waals surface area contributed by atoms with Gasteiger partial charge in [-0.3, -0.25) is 4.98 Å². The van der Waals surface area contributed by atoms with E-state index < -0.39 is 0 Å². The summed E-state index contributed by atoms with van der Waals surface area (Å²) in [5.41, 5.74) is 21.5. The number of aryl methyl sites for hydroxylation is 1. The summed E-state index contributed by atoms with van der Waals surface area (Å²) < 4.78 is 5.67. The number of aromatic nitrogens is 3. The third-order valence-corrected chi connectivity index (χ3v) is 6.50. The summed E-state index contributed by atoms with van der Waals surface area (Å²) in [7, 11) is 4.17. The maximum absolute atomic E-state index is 6.52. The number of hydrogen-bond donors (Lipinski definition) is 2. The van der Waals surface area contributed by atoms with Crippen molar-refractivity contribution in [2.45, 2.75) is 25.8 Å². The molecule has 1 unspecified atom stereocenters. The monoisotopic (exact) mass is 454 g/mol. The van der Waals surface area contributed by atoms with Gasteiger partial charge in [0.25, 0.3) is 0 Å². The van der Waals surface area contributed by atoms with Crippen molar-refractivity contribution in [1.82, 2.24) is 19.9 Å². The van der Waals surface area contributed by atoms with Crippen LogP contribution in [0.5, 0.6) is 0 Å². The molecule has 0 aliphatic carbocycles. The number of pyridine rings is 1. The highest BCUT2D eigenvalue weighted by Crippen LogP contribution is 2.39. The molecule has 2 aromatic heterocycles. The number of ether oxygens (including phenoxy) is 1. The highest BCUT2D eigenvalue weighted by molar-refractivity contribution is 6.07. The highest BCUT2D eigenvalue weighted by atomic mass is 16.5. The number of hydrogen-bond acceptors (Lipinski definition) is 7. The fraction of sp³-hybridized carbons (Fsp3) is 0.296. The summed E-state index contributed by atoms with van der Waals surface area (Å²) in [5.74, 6) is 0.639. The molecule has 0 amide bonds. The summed E-state index contributed by atoms with van der Waals surface area (Å²) in [6.45, 7) is 4.47. The molecule has 34 heavy (non-hydrogen) atoms. The molecule has 0 saturated carbocycles. The fourth-order valence-electron chi connectivity index (χ4n) is 4.86. The summed E-state index contributed by atoms with van der Waals surface area (Å²) in [5, 5.41) is 0.808. The fourth-order valence-corrected chi connectivity index (χ4v) is 4.86. The first-order valence-corrected chi connectivity index (χ1v) is 11.5. The molecule has 7 nitrogen and oxygen atoms in total. The largest absolute Gasteiger partial charge is 0.398 e. The van der Waals surface area contributed by atoms with Crippen LogP contribution in [0.1, 0.15) is 29.0 Å². The number of benzene rings is 2. The third-order valence-electron chi connectivity index (χ3n) is 6.50. The molecule has 1 aliphatic heterocycles. The van der Waals surface area contributed by atoms with E-state index in [2.05, 4.69) is 59.1 Å². The lowest BCUT2D eigenvalue weighted by Gasteiger charge is -2.20. The topological polar surface area (TPSA) is 103 Å². The van der Waals surface area contributed by atoms with Crippen LogP contribution in [0.4, 0.5) is 11.6 Å². The van der Waals surface area contributed by atoms with E-state index in [0.717, 1.165) is 65.0 Å². The standard InChI is InChI=1S/C27H30N6O/c1-16-8-10-30-13-22(16)21-6-7-23(28)24-25(31-27(29)32-26(21)24)17-4-5-20(18-9-11-34-15-18)19(12-17)14-33(2)3/h4-8,10,12-13,18H,9,11,14-15,28H2,1-3H3,(H2,29,31,32). The van der Waals surface area contributed by atoms with Crippen LogP contribution in [-0.2, 0) is 11.3 Å². The number of nitrogens with zero attached hydrogens (tertiary/aromatic N) is 4. The Hall–Kier alpha value is -3.55. The van der Waals surface area contributed by atoms with Crippen LogP contribution in [0.2, 0.25) is 0 Å². The second-order valence-corrected chi connectivity index (χ2v) is 9.26. The van der Waals surface area contributed by atoms with E-state index in [4.69, 9.17) is 16.2 Å². The van der Waals surface area contributed by atoms with Crippen LogP contribution in [-0.4, -0.2) is 47.2 Å². The Morgan fingerprint density at radius 1 is 1.06 bits per heavy atom. The molecule has 1 fully saturated rings. The van der Waals surface area contributed by atoms with Crippen molar-refractivity contribution in [2.75, 3.05) is 38.8 Å². The van der Waals surface area contributed by atoms with Gasteiger partial charge in [0.15, 0.2) is 0 Å². The van der Waals surface area contributed by atoms with E-state index in [1.807, 2.05) is 24.4 Å². The SMILES string of the molecule is Cc1ccncc1-c1ccc(N)c2c(-c3ccc(C4CCOC4)c(CN(C)C)c3)nc(N)nc12. The molecular weight excluding hydrogens is 424 g/mol. The van der Waals surface area contributed by atoms with Gasteiger partial charge in [0, 0.05) is 53.8 Å². The molecule has 1 atom stereocenters. The second kappa shape index (κ2) is 9.00. The first kappa shape index (κ1) is 22.3. The Morgan fingerprint density at radius 3 is 2.65 bits per heavy atom. The molecule has 5 rings (SSSR count). The van der Waals surface area contributed by atoms with Crippen molar-refractivity contribution >= 4 is 22.5 Å². The zero-order chi connectivity index (χ0) is 23.8.